The lowest BCUT2D eigenvalue weighted by molar-refractivity contribution is 0.0451. The normalized spacial score (nSPS) is 10.8. The van der Waals surface area contributed by atoms with Gasteiger partial charge in [0.1, 0.15) is 23.7 Å². The van der Waals surface area contributed by atoms with Gasteiger partial charge in [-0.15, -0.1) is 5.10 Å². The van der Waals surface area contributed by atoms with Crippen LogP contribution in [0.25, 0.3) is 0 Å². The highest BCUT2D eigenvalue weighted by Crippen LogP contribution is 2.22. The highest BCUT2D eigenvalue weighted by Gasteiger charge is 2.17. The Morgan fingerprint density at radius 3 is 2.79 bits per heavy atom. The van der Waals surface area contributed by atoms with E-state index in [1.807, 2.05) is 13.8 Å². The molecule has 0 saturated carbocycles. The Kier molecular flexibility index (Phi) is 6.36. The molecule has 0 aliphatic rings. The summed E-state index contributed by atoms with van der Waals surface area (Å²) in [5, 5.41) is 15.4. The smallest absolute Gasteiger partial charge is 0.342 e. The van der Waals surface area contributed by atoms with Crippen molar-refractivity contribution in [2.75, 3.05) is 0 Å². The number of benzene rings is 1. The third-order valence-corrected chi connectivity index (χ3v) is 4.32. The minimum atomic E-state index is -0.501. The average molecular weight is 385 g/mol. The summed E-state index contributed by atoms with van der Waals surface area (Å²) in [5.41, 5.74) is 1.96. The molecular weight excluding hydrogens is 362 g/mol. The molecule has 0 saturated heterocycles. The first kappa shape index (κ1) is 19.5. The second-order valence-corrected chi connectivity index (χ2v) is 6.34. The van der Waals surface area contributed by atoms with Crippen LogP contribution in [0.2, 0.25) is 0 Å². The number of aryl methyl sites for hydroxylation is 3. The van der Waals surface area contributed by atoms with E-state index in [4.69, 9.17) is 14.0 Å². The molecule has 2 aromatic heterocycles. The second-order valence-electron chi connectivity index (χ2n) is 6.34. The van der Waals surface area contributed by atoms with E-state index < -0.39 is 5.97 Å². The second kappa shape index (κ2) is 9.12. The van der Waals surface area contributed by atoms with E-state index in [2.05, 4.69) is 27.6 Å². The van der Waals surface area contributed by atoms with Gasteiger partial charge in [0, 0.05) is 6.54 Å². The third-order valence-electron chi connectivity index (χ3n) is 4.32. The Morgan fingerprint density at radius 2 is 2.04 bits per heavy atom. The van der Waals surface area contributed by atoms with Crippen LogP contribution in [-0.2, 0) is 24.5 Å². The van der Waals surface area contributed by atoms with Gasteiger partial charge in [-0.3, -0.25) is 0 Å². The molecule has 9 nitrogen and oxygen atoms in total. The summed E-state index contributed by atoms with van der Waals surface area (Å²) in [6, 6.07) is 6.93. The zero-order chi connectivity index (χ0) is 19.9. The number of ether oxygens (including phenoxy) is 2. The first-order valence-corrected chi connectivity index (χ1v) is 9.16. The molecule has 148 valence electrons. The van der Waals surface area contributed by atoms with Crippen LogP contribution in [-0.4, -0.2) is 31.3 Å². The largest absolute Gasteiger partial charge is 0.488 e. The van der Waals surface area contributed by atoms with Gasteiger partial charge in [-0.05, 0) is 42.8 Å². The van der Waals surface area contributed by atoms with Gasteiger partial charge in [0.15, 0.2) is 12.4 Å². The van der Waals surface area contributed by atoms with Crippen LogP contribution < -0.4 is 4.74 Å². The maximum absolute atomic E-state index is 12.6. The number of esters is 1. The van der Waals surface area contributed by atoms with Gasteiger partial charge in [0.2, 0.25) is 0 Å². The van der Waals surface area contributed by atoms with Crippen LogP contribution in [0.5, 0.6) is 5.75 Å². The van der Waals surface area contributed by atoms with Crippen molar-refractivity contribution >= 4 is 5.97 Å². The molecule has 0 amide bonds. The quantitative estimate of drug-likeness (QED) is 0.518. The molecule has 3 rings (SSSR count). The van der Waals surface area contributed by atoms with Gasteiger partial charge >= 0.3 is 5.97 Å². The van der Waals surface area contributed by atoms with Crippen molar-refractivity contribution < 1.29 is 18.8 Å². The number of para-hydroxylation sites is 1. The van der Waals surface area contributed by atoms with Crippen LogP contribution in [0.4, 0.5) is 0 Å². The van der Waals surface area contributed by atoms with E-state index in [0.29, 0.717) is 29.4 Å². The minimum absolute atomic E-state index is 0.00620. The summed E-state index contributed by atoms with van der Waals surface area (Å²) in [4.78, 5) is 12.6. The summed E-state index contributed by atoms with van der Waals surface area (Å²) in [7, 11) is 0. The molecule has 3 aromatic rings. The van der Waals surface area contributed by atoms with Crippen LogP contribution in [0.3, 0.4) is 0 Å². The molecule has 28 heavy (non-hydrogen) atoms. The van der Waals surface area contributed by atoms with Gasteiger partial charge < -0.3 is 14.0 Å². The first-order valence-electron chi connectivity index (χ1n) is 9.16. The van der Waals surface area contributed by atoms with Gasteiger partial charge in [-0.25, -0.2) is 9.48 Å². The Labute approximate surface area is 162 Å². The summed E-state index contributed by atoms with van der Waals surface area (Å²) < 4.78 is 18.0. The monoisotopic (exact) mass is 385 g/mol. The molecule has 0 aliphatic carbocycles. The molecule has 0 spiro atoms. The van der Waals surface area contributed by atoms with Crippen LogP contribution in [0.1, 0.15) is 53.0 Å². The van der Waals surface area contributed by atoms with Crippen molar-refractivity contribution in [3.05, 3.63) is 52.7 Å². The number of carbonyl (C=O) groups excluding carboxylic acids is 1. The van der Waals surface area contributed by atoms with E-state index in [9.17, 15) is 4.79 Å². The van der Waals surface area contributed by atoms with Gasteiger partial charge in [0.05, 0.1) is 11.3 Å². The highest BCUT2D eigenvalue weighted by atomic mass is 16.5. The third kappa shape index (κ3) is 4.54. The molecule has 0 unspecified atom stereocenters. The molecule has 1 aromatic carbocycles. The average Bonchev–Trinajstić information content (AvgIpc) is 3.29. The van der Waals surface area contributed by atoms with Crippen molar-refractivity contribution in [3.63, 3.8) is 0 Å². The predicted octanol–water partition coefficient (Wildman–Crippen LogP) is 3.01. The fraction of sp³-hybridized carbons (Fsp3) is 0.421. The van der Waals surface area contributed by atoms with E-state index >= 15 is 0 Å². The van der Waals surface area contributed by atoms with Crippen molar-refractivity contribution in [2.24, 2.45) is 0 Å². The Hall–Kier alpha value is -3.23. The molecule has 0 aliphatic heterocycles. The van der Waals surface area contributed by atoms with Crippen molar-refractivity contribution in [1.82, 2.24) is 25.4 Å². The summed E-state index contributed by atoms with van der Waals surface area (Å²) in [5.74, 6) is 1.13. The number of unbranched alkanes of at least 4 members (excludes halogenated alkanes) is 1. The maximum atomic E-state index is 12.6. The Bertz CT molecular complexity index is 915. The zero-order valence-electron chi connectivity index (χ0n) is 16.2. The van der Waals surface area contributed by atoms with E-state index in [-0.39, 0.29) is 13.2 Å². The number of hydrogen-bond donors (Lipinski definition) is 0. The Balaban J connectivity index is 1.65. The molecule has 0 fully saturated rings. The summed E-state index contributed by atoms with van der Waals surface area (Å²) in [6.45, 7) is 6.69. The Morgan fingerprint density at radius 1 is 1.21 bits per heavy atom. The molecular formula is C19H23N5O4. The molecule has 0 bridgehead atoms. The predicted molar refractivity (Wildman–Crippen MR) is 98.6 cm³/mol. The van der Waals surface area contributed by atoms with E-state index in [1.165, 1.54) is 0 Å². The van der Waals surface area contributed by atoms with Gasteiger partial charge in [-0.2, -0.15) is 0 Å². The van der Waals surface area contributed by atoms with Gasteiger partial charge in [0.25, 0.3) is 0 Å². The number of aromatic nitrogens is 5. The fourth-order valence-corrected chi connectivity index (χ4v) is 2.64. The molecule has 0 radical (unpaired) electrons. The lowest BCUT2D eigenvalue weighted by atomic mass is 10.2. The molecule has 0 atom stereocenters. The van der Waals surface area contributed by atoms with Crippen LogP contribution >= 0.6 is 0 Å². The number of hydrogen-bond acceptors (Lipinski definition) is 8. The van der Waals surface area contributed by atoms with E-state index in [0.717, 1.165) is 24.1 Å². The minimum Gasteiger partial charge on any atom is -0.488 e. The summed E-state index contributed by atoms with van der Waals surface area (Å²) >= 11 is 0. The molecule has 9 heteroatoms. The summed E-state index contributed by atoms with van der Waals surface area (Å²) in [6.07, 6.45) is 1.97. The number of carbonyl (C=O) groups is 1. The molecule has 0 N–H and O–H groups in total. The first-order chi connectivity index (χ1) is 13.6. The maximum Gasteiger partial charge on any atom is 0.342 e. The highest BCUT2D eigenvalue weighted by molar-refractivity contribution is 5.92. The van der Waals surface area contributed by atoms with Crippen molar-refractivity contribution in [1.29, 1.82) is 0 Å². The standard InChI is InChI=1S/C19H23N5O4/c1-4-5-10-24-18(20-22-23-24)12-27-19(25)15-8-6-7-9-17(15)26-11-16-13(2)21-28-14(16)3/h6-9H,4-5,10-12H2,1-3H3. The zero-order valence-corrected chi connectivity index (χ0v) is 16.2. The molecule has 2 heterocycles. The SMILES string of the molecule is CCCCn1nnnc1COC(=O)c1ccccc1OCc1c(C)noc1C. The lowest BCUT2D eigenvalue weighted by Crippen LogP contribution is -2.12. The lowest BCUT2D eigenvalue weighted by Gasteiger charge is -2.11. The van der Waals surface area contributed by atoms with E-state index in [1.54, 1.807) is 28.9 Å². The van der Waals surface area contributed by atoms with Crippen LogP contribution in [0, 0.1) is 13.8 Å². The number of rotatable bonds is 9. The number of tetrazole rings is 1. The van der Waals surface area contributed by atoms with Crippen LogP contribution in [0.15, 0.2) is 28.8 Å². The van der Waals surface area contributed by atoms with Crippen molar-refractivity contribution in [3.8, 4) is 5.75 Å². The fourth-order valence-electron chi connectivity index (χ4n) is 2.64. The topological polar surface area (TPSA) is 105 Å². The number of nitrogens with zero attached hydrogens (tertiary/aromatic N) is 5. The van der Waals surface area contributed by atoms with Crippen molar-refractivity contribution in [2.45, 2.75) is 53.4 Å². The van der Waals surface area contributed by atoms with Gasteiger partial charge in [-0.1, -0.05) is 30.6 Å².